The Morgan fingerprint density at radius 3 is 2.17 bits per heavy atom. The lowest BCUT2D eigenvalue weighted by atomic mass is 10.2. The topological polar surface area (TPSA) is 34.1 Å². The third-order valence-electron chi connectivity index (χ3n) is 2.47. The molecule has 0 aromatic carbocycles. The van der Waals surface area contributed by atoms with E-state index in [1.165, 1.54) is 6.92 Å². The number of Topliss-reactive ketones (excluding diaryl/α,β-unsaturated/α-hetero) is 1. The van der Waals surface area contributed by atoms with Crippen molar-refractivity contribution >= 4 is 11.6 Å². The zero-order chi connectivity index (χ0) is 9.30. The zero-order valence-corrected chi connectivity index (χ0v) is 7.70. The smallest absolute Gasteiger partial charge is 0.152 e. The van der Waals surface area contributed by atoms with Gasteiger partial charge in [0.05, 0.1) is 0 Å². The van der Waals surface area contributed by atoms with Crippen molar-refractivity contribution in [2.45, 2.75) is 20.8 Å². The van der Waals surface area contributed by atoms with Gasteiger partial charge in [-0.3, -0.25) is 9.59 Å². The summed E-state index contributed by atoms with van der Waals surface area (Å²) in [4.78, 5) is 21.5. The second-order valence-corrected chi connectivity index (χ2v) is 3.54. The van der Waals surface area contributed by atoms with Crippen LogP contribution in [-0.2, 0) is 9.59 Å². The summed E-state index contributed by atoms with van der Waals surface area (Å²) in [5, 5.41) is 0. The lowest BCUT2D eigenvalue weighted by Crippen LogP contribution is -1.94. The molecule has 0 aromatic rings. The summed E-state index contributed by atoms with van der Waals surface area (Å²) in [6, 6.07) is 0. The molecule has 0 radical (unpaired) electrons. The van der Waals surface area contributed by atoms with Gasteiger partial charge in [0.25, 0.3) is 0 Å². The fraction of sp³-hybridized carbons (Fsp3) is 0.600. The molecular weight excluding hydrogens is 152 g/mol. The molecule has 0 spiro atoms. The lowest BCUT2D eigenvalue weighted by molar-refractivity contribution is -0.118. The number of ketones is 2. The monoisotopic (exact) mass is 166 g/mol. The van der Waals surface area contributed by atoms with Gasteiger partial charge in [-0.05, 0) is 31.8 Å². The van der Waals surface area contributed by atoms with Crippen LogP contribution in [0.5, 0.6) is 0 Å². The fourth-order valence-corrected chi connectivity index (χ4v) is 1.68. The highest BCUT2D eigenvalue weighted by Gasteiger charge is 2.47. The Morgan fingerprint density at radius 1 is 1.25 bits per heavy atom. The summed E-state index contributed by atoms with van der Waals surface area (Å²) in [7, 11) is 0. The minimum atomic E-state index is 0.0522. The van der Waals surface area contributed by atoms with Crippen LogP contribution in [0.25, 0.3) is 0 Å². The van der Waals surface area contributed by atoms with Crippen molar-refractivity contribution < 1.29 is 9.59 Å². The SMILES string of the molecule is CC(=O)/C=C/[C@@H]1[C@@H](C)[C@H]1C(C)=O. The highest BCUT2D eigenvalue weighted by atomic mass is 16.1. The average molecular weight is 166 g/mol. The standard InChI is InChI=1S/C10H14O2/c1-6(11)4-5-9-7(2)10(9)8(3)12/h4-5,7,9-10H,1-3H3/b5-4+/t7-,9-,10+/m1/s1. The number of hydrogen-bond donors (Lipinski definition) is 0. The lowest BCUT2D eigenvalue weighted by Gasteiger charge is -1.85. The summed E-state index contributed by atoms with van der Waals surface area (Å²) in [5.74, 6) is 1.20. The Hall–Kier alpha value is -0.920. The van der Waals surface area contributed by atoms with E-state index in [9.17, 15) is 9.59 Å². The molecular formula is C10H14O2. The van der Waals surface area contributed by atoms with Gasteiger partial charge in [0, 0.05) is 5.92 Å². The van der Waals surface area contributed by atoms with E-state index in [4.69, 9.17) is 0 Å². The molecule has 1 aliphatic carbocycles. The summed E-state index contributed by atoms with van der Waals surface area (Å²) >= 11 is 0. The van der Waals surface area contributed by atoms with Crippen molar-refractivity contribution in [2.24, 2.45) is 17.8 Å². The van der Waals surface area contributed by atoms with Gasteiger partial charge < -0.3 is 0 Å². The van der Waals surface area contributed by atoms with E-state index >= 15 is 0 Å². The summed E-state index contributed by atoms with van der Waals surface area (Å²) in [6.45, 7) is 5.18. The minimum Gasteiger partial charge on any atom is -0.300 e. The van der Waals surface area contributed by atoms with Crippen LogP contribution in [0, 0.1) is 17.8 Å². The maximum Gasteiger partial charge on any atom is 0.152 e. The highest BCUT2D eigenvalue weighted by Crippen LogP contribution is 2.47. The molecule has 0 heterocycles. The molecule has 1 aliphatic rings. The molecule has 12 heavy (non-hydrogen) atoms. The quantitative estimate of drug-likeness (QED) is 0.597. The highest BCUT2D eigenvalue weighted by molar-refractivity contribution is 5.88. The maximum absolute atomic E-state index is 11.0. The first-order valence-corrected chi connectivity index (χ1v) is 4.23. The second-order valence-electron chi connectivity index (χ2n) is 3.54. The van der Waals surface area contributed by atoms with Crippen molar-refractivity contribution in [3.05, 3.63) is 12.2 Å². The second kappa shape index (κ2) is 3.21. The summed E-state index contributed by atoms with van der Waals surface area (Å²) in [5.41, 5.74) is 0. The van der Waals surface area contributed by atoms with E-state index in [1.807, 2.05) is 13.0 Å². The molecule has 0 aromatic heterocycles. The van der Waals surface area contributed by atoms with Gasteiger partial charge in [0.1, 0.15) is 5.78 Å². The van der Waals surface area contributed by atoms with Gasteiger partial charge >= 0.3 is 0 Å². The largest absolute Gasteiger partial charge is 0.300 e. The van der Waals surface area contributed by atoms with E-state index in [2.05, 4.69) is 0 Å². The van der Waals surface area contributed by atoms with Crippen molar-refractivity contribution in [2.75, 3.05) is 0 Å². The number of rotatable bonds is 3. The fourth-order valence-electron chi connectivity index (χ4n) is 1.68. The third-order valence-corrected chi connectivity index (χ3v) is 2.47. The van der Waals surface area contributed by atoms with Crippen LogP contribution < -0.4 is 0 Å². The first-order valence-electron chi connectivity index (χ1n) is 4.23. The van der Waals surface area contributed by atoms with Crippen LogP contribution in [0.4, 0.5) is 0 Å². The number of carbonyl (C=O) groups excluding carboxylic acids is 2. The molecule has 0 N–H and O–H groups in total. The molecule has 0 unspecified atom stereocenters. The van der Waals surface area contributed by atoms with Crippen LogP contribution in [0.1, 0.15) is 20.8 Å². The van der Waals surface area contributed by atoms with Crippen LogP contribution in [0.2, 0.25) is 0 Å². The molecule has 1 rings (SSSR count). The molecule has 66 valence electrons. The van der Waals surface area contributed by atoms with Gasteiger partial charge in [-0.15, -0.1) is 0 Å². The van der Waals surface area contributed by atoms with E-state index in [0.717, 1.165) is 0 Å². The van der Waals surface area contributed by atoms with E-state index in [1.54, 1.807) is 13.0 Å². The first-order chi connectivity index (χ1) is 5.54. The normalized spacial score (nSPS) is 33.8. The average Bonchev–Trinajstić information content (AvgIpc) is 2.57. The molecule has 0 amide bonds. The minimum absolute atomic E-state index is 0.0522. The Labute approximate surface area is 72.7 Å². The Balaban J connectivity index is 2.49. The van der Waals surface area contributed by atoms with E-state index in [-0.39, 0.29) is 17.5 Å². The van der Waals surface area contributed by atoms with Crippen LogP contribution in [0.15, 0.2) is 12.2 Å². The molecule has 2 nitrogen and oxygen atoms in total. The van der Waals surface area contributed by atoms with E-state index in [0.29, 0.717) is 11.8 Å². The molecule has 1 fully saturated rings. The van der Waals surface area contributed by atoms with Crippen LogP contribution in [0.3, 0.4) is 0 Å². The molecule has 2 heteroatoms. The van der Waals surface area contributed by atoms with Gasteiger partial charge in [-0.2, -0.15) is 0 Å². The molecule has 0 bridgehead atoms. The first kappa shape index (κ1) is 9.17. The Kier molecular flexibility index (Phi) is 2.46. The van der Waals surface area contributed by atoms with E-state index < -0.39 is 0 Å². The van der Waals surface area contributed by atoms with Gasteiger partial charge in [0.15, 0.2) is 5.78 Å². The van der Waals surface area contributed by atoms with Crippen molar-refractivity contribution in [1.29, 1.82) is 0 Å². The van der Waals surface area contributed by atoms with Gasteiger partial charge in [-0.1, -0.05) is 13.0 Å². The molecule has 0 aliphatic heterocycles. The van der Waals surface area contributed by atoms with Gasteiger partial charge in [0.2, 0.25) is 0 Å². The predicted octanol–water partition coefficient (Wildman–Crippen LogP) is 1.60. The summed E-state index contributed by atoms with van der Waals surface area (Å²) in [6.07, 6.45) is 3.42. The molecule has 1 saturated carbocycles. The molecule has 3 atom stereocenters. The number of hydrogen-bond acceptors (Lipinski definition) is 2. The predicted molar refractivity (Wildman–Crippen MR) is 46.6 cm³/mol. The Morgan fingerprint density at radius 2 is 1.83 bits per heavy atom. The van der Waals surface area contributed by atoms with Crippen LogP contribution >= 0.6 is 0 Å². The Bertz CT molecular complexity index is 240. The maximum atomic E-state index is 11.0. The third kappa shape index (κ3) is 1.81. The molecule has 0 saturated heterocycles. The zero-order valence-electron chi connectivity index (χ0n) is 7.70. The van der Waals surface area contributed by atoms with Crippen molar-refractivity contribution in [3.8, 4) is 0 Å². The van der Waals surface area contributed by atoms with Crippen molar-refractivity contribution in [1.82, 2.24) is 0 Å². The van der Waals surface area contributed by atoms with Crippen molar-refractivity contribution in [3.63, 3.8) is 0 Å². The van der Waals surface area contributed by atoms with Gasteiger partial charge in [-0.25, -0.2) is 0 Å². The number of allylic oxidation sites excluding steroid dienone is 2. The van der Waals surface area contributed by atoms with Crippen LogP contribution in [-0.4, -0.2) is 11.6 Å². The number of carbonyl (C=O) groups is 2. The summed E-state index contributed by atoms with van der Waals surface area (Å²) < 4.78 is 0.